The zero-order chi connectivity index (χ0) is 12.4. The van der Waals surface area contributed by atoms with Crippen LogP contribution in [0.4, 0.5) is 5.69 Å². The quantitative estimate of drug-likeness (QED) is 0.791. The van der Waals surface area contributed by atoms with Gasteiger partial charge in [0.1, 0.15) is 0 Å². The monoisotopic (exact) mass is 245 g/mol. The predicted molar refractivity (Wildman–Crippen MR) is 74.6 cm³/mol. The number of hydrogen-bond donors (Lipinski definition) is 1. The van der Waals surface area contributed by atoms with E-state index in [2.05, 4.69) is 31.2 Å². The van der Waals surface area contributed by atoms with Gasteiger partial charge in [-0.15, -0.1) is 0 Å². The molecule has 0 aromatic heterocycles. The van der Waals surface area contributed by atoms with Gasteiger partial charge in [0.25, 0.3) is 0 Å². The van der Waals surface area contributed by atoms with Crippen molar-refractivity contribution in [3.63, 3.8) is 0 Å². The second-order valence-corrected chi connectivity index (χ2v) is 4.88. The summed E-state index contributed by atoms with van der Waals surface area (Å²) in [6, 6.07) is 12.3. The summed E-state index contributed by atoms with van der Waals surface area (Å²) < 4.78 is 0. The Balaban J connectivity index is 2.36. The molecule has 0 aliphatic rings. The molecule has 0 amide bonds. The molecule has 2 aromatic carbocycles. The molecular formula is C15H16ClN. The summed E-state index contributed by atoms with van der Waals surface area (Å²) in [6.45, 7) is 4.14. The number of benzene rings is 2. The molecule has 0 aliphatic carbocycles. The number of anilines is 1. The molecule has 88 valence electrons. The Hall–Kier alpha value is -1.47. The smallest absolute Gasteiger partial charge is 0.0429 e. The Morgan fingerprint density at radius 3 is 2.59 bits per heavy atom. The summed E-state index contributed by atoms with van der Waals surface area (Å²) in [5, 5.41) is 0.704. The van der Waals surface area contributed by atoms with Crippen molar-refractivity contribution in [3.05, 3.63) is 63.7 Å². The van der Waals surface area contributed by atoms with Crippen molar-refractivity contribution >= 4 is 17.3 Å². The summed E-state index contributed by atoms with van der Waals surface area (Å²) in [4.78, 5) is 0. The summed E-state index contributed by atoms with van der Waals surface area (Å²) in [6.07, 6.45) is 0.873. The molecule has 0 spiro atoms. The van der Waals surface area contributed by atoms with Gasteiger partial charge in [-0.25, -0.2) is 0 Å². The van der Waals surface area contributed by atoms with Gasteiger partial charge in [0.2, 0.25) is 0 Å². The van der Waals surface area contributed by atoms with Gasteiger partial charge in [-0.05, 0) is 49.1 Å². The minimum atomic E-state index is 0.704. The first-order chi connectivity index (χ1) is 8.06. The van der Waals surface area contributed by atoms with Gasteiger partial charge in [-0.1, -0.05) is 41.4 Å². The van der Waals surface area contributed by atoms with Crippen LogP contribution in [0.25, 0.3) is 0 Å². The molecule has 2 aromatic rings. The van der Waals surface area contributed by atoms with Crippen molar-refractivity contribution in [3.8, 4) is 0 Å². The fraction of sp³-hybridized carbons (Fsp3) is 0.200. The number of nitrogen functional groups attached to an aromatic ring is 1. The third kappa shape index (κ3) is 2.80. The Morgan fingerprint density at radius 2 is 1.88 bits per heavy atom. The molecule has 0 heterocycles. The number of nitrogens with two attached hydrogens (primary N) is 1. The molecule has 0 radical (unpaired) electrons. The van der Waals surface area contributed by atoms with E-state index in [0.717, 1.165) is 17.7 Å². The average molecular weight is 246 g/mol. The number of aryl methyl sites for hydroxylation is 1. The van der Waals surface area contributed by atoms with E-state index in [1.165, 1.54) is 16.7 Å². The molecule has 2 heteroatoms. The van der Waals surface area contributed by atoms with E-state index in [0.29, 0.717) is 5.02 Å². The predicted octanol–water partition coefficient (Wildman–Crippen LogP) is 4.13. The van der Waals surface area contributed by atoms with Gasteiger partial charge < -0.3 is 5.73 Å². The highest BCUT2D eigenvalue weighted by molar-refractivity contribution is 6.31. The molecule has 0 fully saturated rings. The van der Waals surface area contributed by atoms with E-state index in [-0.39, 0.29) is 0 Å². The Bertz CT molecular complexity index is 547. The number of hydrogen-bond acceptors (Lipinski definition) is 1. The molecule has 0 saturated carbocycles. The van der Waals surface area contributed by atoms with Crippen LogP contribution in [0.15, 0.2) is 36.4 Å². The van der Waals surface area contributed by atoms with Crippen molar-refractivity contribution in [1.82, 2.24) is 0 Å². The van der Waals surface area contributed by atoms with E-state index < -0.39 is 0 Å². The van der Waals surface area contributed by atoms with E-state index in [1.54, 1.807) is 6.07 Å². The van der Waals surface area contributed by atoms with Crippen molar-refractivity contribution in [2.45, 2.75) is 20.3 Å². The summed E-state index contributed by atoms with van der Waals surface area (Å²) in [5.74, 6) is 0. The van der Waals surface area contributed by atoms with Crippen LogP contribution in [0.1, 0.15) is 22.3 Å². The van der Waals surface area contributed by atoms with Gasteiger partial charge in [0, 0.05) is 10.7 Å². The highest BCUT2D eigenvalue weighted by Gasteiger charge is 2.05. The van der Waals surface area contributed by atoms with Gasteiger partial charge in [-0.2, -0.15) is 0 Å². The zero-order valence-corrected chi connectivity index (χ0v) is 10.9. The lowest BCUT2D eigenvalue weighted by molar-refractivity contribution is 1.15. The van der Waals surface area contributed by atoms with Crippen LogP contribution in [0.2, 0.25) is 5.02 Å². The van der Waals surface area contributed by atoms with Gasteiger partial charge in [-0.3, -0.25) is 0 Å². The second-order valence-electron chi connectivity index (χ2n) is 4.44. The Morgan fingerprint density at radius 1 is 1.12 bits per heavy atom. The van der Waals surface area contributed by atoms with Crippen molar-refractivity contribution in [1.29, 1.82) is 0 Å². The molecule has 0 unspecified atom stereocenters. The van der Waals surface area contributed by atoms with E-state index in [1.807, 2.05) is 13.0 Å². The summed E-state index contributed by atoms with van der Waals surface area (Å²) in [5.41, 5.74) is 11.6. The first-order valence-electron chi connectivity index (χ1n) is 5.66. The number of rotatable bonds is 2. The molecule has 0 bridgehead atoms. The first kappa shape index (κ1) is 12.0. The summed E-state index contributed by atoms with van der Waals surface area (Å²) in [7, 11) is 0. The van der Waals surface area contributed by atoms with Crippen LogP contribution in [0, 0.1) is 13.8 Å². The van der Waals surface area contributed by atoms with Crippen LogP contribution in [0.3, 0.4) is 0 Å². The summed E-state index contributed by atoms with van der Waals surface area (Å²) >= 11 is 6.04. The molecular weight excluding hydrogens is 230 g/mol. The van der Waals surface area contributed by atoms with E-state index in [4.69, 9.17) is 17.3 Å². The van der Waals surface area contributed by atoms with Crippen LogP contribution in [-0.4, -0.2) is 0 Å². The van der Waals surface area contributed by atoms with E-state index >= 15 is 0 Å². The highest BCUT2D eigenvalue weighted by Crippen LogP contribution is 2.24. The van der Waals surface area contributed by atoms with Gasteiger partial charge >= 0.3 is 0 Å². The first-order valence-corrected chi connectivity index (χ1v) is 6.04. The third-order valence-corrected chi connectivity index (χ3v) is 3.22. The van der Waals surface area contributed by atoms with E-state index in [9.17, 15) is 0 Å². The van der Waals surface area contributed by atoms with Crippen molar-refractivity contribution < 1.29 is 0 Å². The fourth-order valence-corrected chi connectivity index (χ4v) is 2.23. The average Bonchev–Trinajstić information content (AvgIpc) is 2.25. The lowest BCUT2D eigenvalue weighted by Crippen LogP contribution is -1.97. The lowest BCUT2D eigenvalue weighted by atomic mass is 9.98. The SMILES string of the molecule is Cc1cccc(Cc2cc(Cl)cc(N)c2C)c1. The van der Waals surface area contributed by atoms with Gasteiger partial charge in [0.05, 0.1) is 0 Å². The maximum Gasteiger partial charge on any atom is 0.0429 e. The largest absolute Gasteiger partial charge is 0.398 e. The third-order valence-electron chi connectivity index (χ3n) is 3.00. The van der Waals surface area contributed by atoms with Crippen LogP contribution in [-0.2, 0) is 6.42 Å². The molecule has 17 heavy (non-hydrogen) atoms. The molecule has 0 saturated heterocycles. The molecule has 0 aliphatic heterocycles. The minimum Gasteiger partial charge on any atom is -0.398 e. The zero-order valence-electron chi connectivity index (χ0n) is 10.1. The maximum atomic E-state index is 6.04. The highest BCUT2D eigenvalue weighted by atomic mass is 35.5. The lowest BCUT2D eigenvalue weighted by Gasteiger charge is -2.10. The normalized spacial score (nSPS) is 10.5. The molecule has 1 nitrogen and oxygen atoms in total. The number of halogens is 1. The Kier molecular flexibility index (Phi) is 3.39. The topological polar surface area (TPSA) is 26.0 Å². The Labute approximate surface area is 107 Å². The van der Waals surface area contributed by atoms with Crippen LogP contribution < -0.4 is 5.73 Å². The fourth-order valence-electron chi connectivity index (χ4n) is 1.98. The van der Waals surface area contributed by atoms with Crippen molar-refractivity contribution in [2.75, 3.05) is 5.73 Å². The van der Waals surface area contributed by atoms with Crippen LogP contribution >= 0.6 is 11.6 Å². The molecule has 2 N–H and O–H groups in total. The van der Waals surface area contributed by atoms with Gasteiger partial charge in [0.15, 0.2) is 0 Å². The standard InChI is InChI=1S/C15H16ClN/c1-10-4-3-5-12(6-10)7-13-8-14(16)9-15(17)11(13)2/h3-6,8-9H,7,17H2,1-2H3. The maximum absolute atomic E-state index is 6.04. The minimum absolute atomic E-state index is 0.704. The molecule has 0 atom stereocenters. The van der Waals surface area contributed by atoms with Crippen LogP contribution in [0.5, 0.6) is 0 Å². The van der Waals surface area contributed by atoms with Crippen molar-refractivity contribution in [2.24, 2.45) is 0 Å². The molecule has 2 rings (SSSR count). The second kappa shape index (κ2) is 4.80.